The number of halogens is 2. The number of aliphatic hydroxyl groups is 3. The Bertz CT molecular complexity index is 943. The highest BCUT2D eigenvalue weighted by Crippen LogP contribution is 2.36. The van der Waals surface area contributed by atoms with Gasteiger partial charge in [-0.2, -0.15) is 0 Å². The van der Waals surface area contributed by atoms with Gasteiger partial charge in [-0.05, 0) is 34.7 Å². The minimum absolute atomic E-state index is 0.578. The Morgan fingerprint density at radius 1 is 1.07 bits per heavy atom. The first-order valence-electron chi connectivity index (χ1n) is 9.00. The normalized spacial score (nSPS) is 28.0. The first-order valence-corrected chi connectivity index (χ1v) is 10.2. The van der Waals surface area contributed by atoms with Gasteiger partial charge in [0.1, 0.15) is 24.4 Å². The molecule has 28 heavy (non-hydrogen) atoms. The van der Waals surface area contributed by atoms with Crippen molar-refractivity contribution in [2.24, 2.45) is 0 Å². The summed E-state index contributed by atoms with van der Waals surface area (Å²) in [5, 5.41) is 31.3. The molecule has 1 aromatic heterocycles. The van der Waals surface area contributed by atoms with Crippen molar-refractivity contribution in [3.8, 4) is 0 Å². The molecule has 148 valence electrons. The Hall–Kier alpha value is -1.54. The second-order valence-corrected chi connectivity index (χ2v) is 8.56. The minimum atomic E-state index is -1.85. The van der Waals surface area contributed by atoms with Crippen LogP contribution >= 0.6 is 22.9 Å². The molecule has 0 amide bonds. The van der Waals surface area contributed by atoms with Gasteiger partial charge in [-0.1, -0.05) is 41.9 Å². The van der Waals surface area contributed by atoms with E-state index in [9.17, 15) is 19.7 Å². The summed E-state index contributed by atoms with van der Waals surface area (Å²) in [5.41, 5.74) is 1.43. The van der Waals surface area contributed by atoms with E-state index in [-0.39, 0.29) is 0 Å². The molecule has 7 heteroatoms. The third-order valence-electron chi connectivity index (χ3n) is 5.08. The molecule has 1 fully saturated rings. The highest BCUT2D eigenvalue weighted by atomic mass is 35.5. The van der Waals surface area contributed by atoms with E-state index in [1.807, 2.05) is 12.1 Å². The predicted molar refractivity (Wildman–Crippen MR) is 108 cm³/mol. The van der Waals surface area contributed by atoms with Crippen LogP contribution in [0, 0.1) is 0 Å². The number of rotatable bonds is 4. The van der Waals surface area contributed by atoms with E-state index >= 15 is 0 Å². The lowest BCUT2D eigenvalue weighted by Crippen LogP contribution is -2.53. The van der Waals surface area contributed by atoms with Crippen molar-refractivity contribution in [1.82, 2.24) is 0 Å². The van der Waals surface area contributed by atoms with Crippen LogP contribution in [0.2, 0.25) is 5.02 Å². The lowest BCUT2D eigenvalue weighted by molar-refractivity contribution is -0.214. The van der Waals surface area contributed by atoms with Crippen LogP contribution in [-0.4, -0.2) is 46.4 Å². The summed E-state index contributed by atoms with van der Waals surface area (Å²) in [6.07, 6.45) is -6.44. The number of hydrogen-bond donors (Lipinski definition) is 3. The van der Waals surface area contributed by atoms with Crippen LogP contribution in [0.3, 0.4) is 0 Å². The van der Waals surface area contributed by atoms with Gasteiger partial charge >= 0.3 is 0 Å². The fraction of sp³-hybridized carbons (Fsp3) is 0.333. The maximum atomic E-state index is 14.0. The third kappa shape index (κ3) is 3.68. The average Bonchev–Trinajstić information content (AvgIpc) is 3.11. The number of thiophene rings is 1. The Kier molecular flexibility index (Phi) is 5.69. The molecular formula is C21H20ClFO4S. The molecule has 1 saturated heterocycles. The zero-order valence-corrected chi connectivity index (χ0v) is 16.4. The van der Waals surface area contributed by atoms with Crippen LogP contribution in [0.5, 0.6) is 0 Å². The molecule has 0 spiro atoms. The van der Waals surface area contributed by atoms with Gasteiger partial charge in [0.25, 0.3) is 0 Å². The summed E-state index contributed by atoms with van der Waals surface area (Å²) in [6, 6.07) is 15.4. The number of aliphatic hydroxyl groups excluding tert-OH is 3. The smallest absolute Gasteiger partial charge is 0.157 e. The number of hydrogen-bond acceptors (Lipinski definition) is 5. The lowest BCUT2D eigenvalue weighted by atomic mass is 9.91. The van der Waals surface area contributed by atoms with E-state index in [0.717, 1.165) is 10.4 Å². The Balaban J connectivity index is 1.63. The van der Waals surface area contributed by atoms with E-state index in [2.05, 4.69) is 18.2 Å². The van der Waals surface area contributed by atoms with E-state index in [1.54, 1.807) is 29.5 Å². The number of ether oxygens (including phenoxy) is 1. The number of benzene rings is 2. The van der Waals surface area contributed by atoms with Gasteiger partial charge in [-0.3, -0.25) is 0 Å². The monoisotopic (exact) mass is 422 g/mol. The summed E-state index contributed by atoms with van der Waals surface area (Å²) < 4.78 is 20.7. The first kappa shape index (κ1) is 19.8. The van der Waals surface area contributed by atoms with Gasteiger partial charge < -0.3 is 20.1 Å². The van der Waals surface area contributed by atoms with Gasteiger partial charge in [-0.15, -0.1) is 11.3 Å². The largest absolute Gasteiger partial charge is 0.394 e. The molecule has 1 aliphatic heterocycles. The van der Waals surface area contributed by atoms with E-state index in [4.69, 9.17) is 16.3 Å². The van der Waals surface area contributed by atoms with Crippen LogP contribution in [0.15, 0.2) is 48.5 Å². The SMILES string of the molecule is OC[C@H]1O[C@@H](c2ccc(Cl)c(Cc3cc4ccccc4s3)c2)[C@H](O)[C@@H](O)[C@H]1F. The quantitative estimate of drug-likeness (QED) is 0.600. The van der Waals surface area contributed by atoms with Crippen LogP contribution in [-0.2, 0) is 11.2 Å². The minimum Gasteiger partial charge on any atom is -0.394 e. The van der Waals surface area contributed by atoms with Gasteiger partial charge in [0.2, 0.25) is 0 Å². The van der Waals surface area contributed by atoms with Crippen LogP contribution < -0.4 is 0 Å². The zero-order chi connectivity index (χ0) is 19.8. The summed E-state index contributed by atoms with van der Waals surface area (Å²) in [5.74, 6) is 0. The van der Waals surface area contributed by atoms with E-state index in [1.165, 1.54) is 10.1 Å². The van der Waals surface area contributed by atoms with Gasteiger partial charge in [0.15, 0.2) is 6.17 Å². The van der Waals surface area contributed by atoms with Crippen LogP contribution in [0.25, 0.3) is 10.1 Å². The fourth-order valence-electron chi connectivity index (χ4n) is 3.57. The maximum Gasteiger partial charge on any atom is 0.157 e. The van der Waals surface area contributed by atoms with Crippen molar-refractivity contribution in [1.29, 1.82) is 0 Å². The zero-order valence-electron chi connectivity index (χ0n) is 14.8. The molecule has 0 radical (unpaired) electrons. The molecule has 2 aromatic carbocycles. The predicted octanol–water partition coefficient (Wildman–Crippen LogP) is 3.64. The molecule has 0 unspecified atom stereocenters. The van der Waals surface area contributed by atoms with E-state index < -0.39 is 37.2 Å². The van der Waals surface area contributed by atoms with Crippen molar-refractivity contribution >= 4 is 33.0 Å². The van der Waals surface area contributed by atoms with Gasteiger partial charge in [-0.25, -0.2) is 4.39 Å². The second kappa shape index (κ2) is 8.06. The summed E-state index contributed by atoms with van der Waals surface area (Å²) in [6.45, 7) is -0.580. The molecule has 3 N–H and O–H groups in total. The molecule has 4 nitrogen and oxygen atoms in total. The van der Waals surface area contributed by atoms with E-state index in [0.29, 0.717) is 17.0 Å². The highest BCUT2D eigenvalue weighted by molar-refractivity contribution is 7.19. The Morgan fingerprint density at radius 2 is 1.86 bits per heavy atom. The molecule has 1 aliphatic rings. The van der Waals surface area contributed by atoms with Gasteiger partial charge in [0, 0.05) is 21.0 Å². The average molecular weight is 423 g/mol. The first-order chi connectivity index (χ1) is 13.5. The van der Waals surface area contributed by atoms with Crippen molar-refractivity contribution in [2.75, 3.05) is 6.61 Å². The molecule has 0 bridgehead atoms. The summed E-state index contributed by atoms with van der Waals surface area (Å²) >= 11 is 8.07. The summed E-state index contributed by atoms with van der Waals surface area (Å²) in [7, 11) is 0. The molecule has 3 aromatic rings. The summed E-state index contributed by atoms with van der Waals surface area (Å²) in [4.78, 5) is 1.14. The van der Waals surface area contributed by atoms with Crippen molar-refractivity contribution in [3.63, 3.8) is 0 Å². The molecule has 0 aliphatic carbocycles. The van der Waals surface area contributed by atoms with Gasteiger partial charge in [0.05, 0.1) is 6.61 Å². The van der Waals surface area contributed by atoms with Crippen LogP contribution in [0.1, 0.15) is 22.1 Å². The highest BCUT2D eigenvalue weighted by Gasteiger charge is 2.45. The van der Waals surface area contributed by atoms with Crippen LogP contribution in [0.4, 0.5) is 4.39 Å². The van der Waals surface area contributed by atoms with Crippen molar-refractivity contribution in [2.45, 2.75) is 37.0 Å². The molecule has 5 atom stereocenters. The molecule has 4 rings (SSSR count). The Morgan fingerprint density at radius 3 is 2.61 bits per heavy atom. The lowest BCUT2D eigenvalue weighted by Gasteiger charge is -2.39. The van der Waals surface area contributed by atoms with Crippen molar-refractivity contribution < 1.29 is 24.4 Å². The molecular weight excluding hydrogens is 403 g/mol. The molecule has 2 heterocycles. The van der Waals surface area contributed by atoms with Crippen molar-refractivity contribution in [3.05, 3.63) is 69.6 Å². The molecule has 0 saturated carbocycles. The topological polar surface area (TPSA) is 69.9 Å². The number of fused-ring (bicyclic) bond motifs is 1. The third-order valence-corrected chi connectivity index (χ3v) is 6.57. The standard InChI is InChI=1S/C21H20ClFO4S/c22-15-6-5-12(21-20(26)19(25)18(23)16(10-24)27-21)7-13(15)9-14-8-11-3-1-2-4-17(11)28-14/h1-8,16,18-21,24-26H,9-10H2/t16-,18+,19+,20-,21+/m1/s1. The Labute approximate surface area is 170 Å². The maximum absolute atomic E-state index is 14.0. The fourth-order valence-corrected chi connectivity index (χ4v) is 4.84. The second-order valence-electron chi connectivity index (χ2n) is 6.98. The number of alkyl halides is 1.